The summed E-state index contributed by atoms with van der Waals surface area (Å²) in [5.41, 5.74) is 0. The zero-order valence-corrected chi connectivity index (χ0v) is 10.1. The van der Waals surface area contributed by atoms with Crippen LogP contribution in [0.1, 0.15) is 39.0 Å². The van der Waals surface area contributed by atoms with Crippen LogP contribution in [0.15, 0.2) is 0 Å². The van der Waals surface area contributed by atoms with Crippen LogP contribution < -0.4 is 5.32 Å². The van der Waals surface area contributed by atoms with Gasteiger partial charge in [0.15, 0.2) is 0 Å². The van der Waals surface area contributed by atoms with Crippen molar-refractivity contribution in [2.24, 2.45) is 5.92 Å². The van der Waals surface area contributed by atoms with Crippen LogP contribution in [-0.4, -0.2) is 36.9 Å². The highest BCUT2D eigenvalue weighted by Gasteiger charge is 2.27. The first-order valence-electron chi connectivity index (χ1n) is 6.28. The van der Waals surface area contributed by atoms with Crippen molar-refractivity contribution in [2.75, 3.05) is 19.8 Å². The molecule has 0 aromatic carbocycles. The molecule has 2 N–H and O–H groups in total. The van der Waals surface area contributed by atoms with Crippen LogP contribution >= 0.6 is 0 Å². The second-order valence-corrected chi connectivity index (χ2v) is 4.34. The normalized spacial score (nSPS) is 25.4. The van der Waals surface area contributed by atoms with Crippen molar-refractivity contribution in [1.29, 1.82) is 0 Å². The SMILES string of the molecule is CCOC(=O)C1CCCC(NCCCO)C1. The van der Waals surface area contributed by atoms with Crippen LogP contribution in [-0.2, 0) is 9.53 Å². The van der Waals surface area contributed by atoms with Gasteiger partial charge in [0, 0.05) is 12.6 Å². The Hall–Kier alpha value is -0.610. The summed E-state index contributed by atoms with van der Waals surface area (Å²) in [5.74, 6) is 0.0245. The molecule has 1 aliphatic carbocycles. The van der Waals surface area contributed by atoms with Crippen LogP contribution in [0.5, 0.6) is 0 Å². The Bertz CT molecular complexity index is 208. The van der Waals surface area contributed by atoms with Crippen molar-refractivity contribution in [3.05, 3.63) is 0 Å². The van der Waals surface area contributed by atoms with Crippen LogP contribution in [0.4, 0.5) is 0 Å². The molecule has 1 aliphatic rings. The van der Waals surface area contributed by atoms with E-state index < -0.39 is 0 Å². The number of esters is 1. The van der Waals surface area contributed by atoms with Gasteiger partial charge in [-0.3, -0.25) is 4.79 Å². The minimum absolute atomic E-state index is 0.0452. The standard InChI is InChI=1S/C12H23NO3/c1-2-16-12(15)10-5-3-6-11(9-10)13-7-4-8-14/h10-11,13-14H,2-9H2,1H3. The van der Waals surface area contributed by atoms with Gasteiger partial charge in [0.25, 0.3) is 0 Å². The third kappa shape index (κ3) is 4.49. The summed E-state index contributed by atoms with van der Waals surface area (Å²) in [6, 6.07) is 0.412. The molecule has 0 aliphatic heterocycles. The predicted molar refractivity (Wildman–Crippen MR) is 62.1 cm³/mol. The number of hydrogen-bond donors (Lipinski definition) is 2. The van der Waals surface area contributed by atoms with Gasteiger partial charge >= 0.3 is 5.97 Å². The maximum atomic E-state index is 11.6. The summed E-state index contributed by atoms with van der Waals surface area (Å²) >= 11 is 0. The highest BCUT2D eigenvalue weighted by atomic mass is 16.5. The summed E-state index contributed by atoms with van der Waals surface area (Å²) in [5, 5.41) is 12.1. The van der Waals surface area contributed by atoms with E-state index in [1.165, 1.54) is 0 Å². The first-order chi connectivity index (χ1) is 7.77. The first-order valence-corrected chi connectivity index (χ1v) is 6.28. The third-order valence-electron chi connectivity index (χ3n) is 3.06. The highest BCUT2D eigenvalue weighted by molar-refractivity contribution is 5.72. The Kier molecular flexibility index (Phi) is 6.42. The number of carbonyl (C=O) groups is 1. The first kappa shape index (κ1) is 13.5. The quantitative estimate of drug-likeness (QED) is 0.528. The third-order valence-corrected chi connectivity index (χ3v) is 3.06. The maximum Gasteiger partial charge on any atom is 0.308 e. The molecule has 0 aromatic heterocycles. The highest BCUT2D eigenvalue weighted by Crippen LogP contribution is 2.25. The summed E-state index contributed by atoms with van der Waals surface area (Å²) in [4.78, 5) is 11.6. The molecule has 1 rings (SSSR count). The molecule has 0 heterocycles. The van der Waals surface area contributed by atoms with Gasteiger partial charge in [-0.15, -0.1) is 0 Å². The lowest BCUT2D eigenvalue weighted by molar-refractivity contribution is -0.149. The summed E-state index contributed by atoms with van der Waals surface area (Å²) in [6.07, 6.45) is 4.82. The Morgan fingerprint density at radius 3 is 3.00 bits per heavy atom. The lowest BCUT2D eigenvalue weighted by Gasteiger charge is -2.28. The van der Waals surface area contributed by atoms with Gasteiger partial charge in [-0.25, -0.2) is 0 Å². The number of aliphatic hydroxyl groups is 1. The van der Waals surface area contributed by atoms with E-state index in [4.69, 9.17) is 9.84 Å². The second-order valence-electron chi connectivity index (χ2n) is 4.34. The molecule has 4 nitrogen and oxygen atoms in total. The molecule has 1 fully saturated rings. The number of hydrogen-bond acceptors (Lipinski definition) is 4. The molecule has 0 aromatic rings. The molecule has 2 unspecified atom stereocenters. The number of ether oxygens (including phenoxy) is 1. The van der Waals surface area contributed by atoms with Gasteiger partial charge in [-0.05, 0) is 39.2 Å². The fraction of sp³-hybridized carbons (Fsp3) is 0.917. The van der Waals surface area contributed by atoms with E-state index in [9.17, 15) is 4.79 Å². The molecular formula is C12H23NO3. The lowest BCUT2D eigenvalue weighted by atomic mass is 9.85. The average Bonchev–Trinajstić information content (AvgIpc) is 2.30. The van der Waals surface area contributed by atoms with Crippen LogP contribution in [0.25, 0.3) is 0 Å². The van der Waals surface area contributed by atoms with Gasteiger partial charge < -0.3 is 15.2 Å². The van der Waals surface area contributed by atoms with Crippen molar-refractivity contribution >= 4 is 5.97 Å². The molecule has 94 valence electrons. The van der Waals surface area contributed by atoms with Crippen molar-refractivity contribution < 1.29 is 14.6 Å². The number of rotatable bonds is 6. The summed E-state index contributed by atoms with van der Waals surface area (Å²) in [6.45, 7) is 3.37. The Morgan fingerprint density at radius 2 is 2.31 bits per heavy atom. The van der Waals surface area contributed by atoms with Gasteiger partial charge in [0.05, 0.1) is 12.5 Å². The van der Waals surface area contributed by atoms with Gasteiger partial charge in [0.2, 0.25) is 0 Å². The van der Waals surface area contributed by atoms with Crippen molar-refractivity contribution in [3.63, 3.8) is 0 Å². The Balaban J connectivity index is 2.26. The number of aliphatic hydroxyl groups excluding tert-OH is 1. The molecule has 0 radical (unpaired) electrons. The molecule has 0 bridgehead atoms. The minimum Gasteiger partial charge on any atom is -0.466 e. The van der Waals surface area contributed by atoms with E-state index in [1.54, 1.807) is 0 Å². The monoisotopic (exact) mass is 229 g/mol. The molecule has 4 heteroatoms. The average molecular weight is 229 g/mol. The van der Waals surface area contributed by atoms with Gasteiger partial charge in [-0.1, -0.05) is 6.42 Å². The molecule has 1 saturated carbocycles. The summed E-state index contributed by atoms with van der Waals surface area (Å²) < 4.78 is 5.05. The Morgan fingerprint density at radius 1 is 1.50 bits per heavy atom. The predicted octanol–water partition coefficient (Wildman–Crippen LogP) is 1.08. The van der Waals surface area contributed by atoms with E-state index in [1.807, 2.05) is 6.92 Å². The topological polar surface area (TPSA) is 58.6 Å². The smallest absolute Gasteiger partial charge is 0.308 e. The molecular weight excluding hydrogens is 206 g/mol. The largest absolute Gasteiger partial charge is 0.466 e. The fourth-order valence-electron chi connectivity index (χ4n) is 2.23. The second kappa shape index (κ2) is 7.63. The molecule has 0 saturated heterocycles. The van der Waals surface area contributed by atoms with E-state index in [-0.39, 0.29) is 18.5 Å². The van der Waals surface area contributed by atoms with Crippen molar-refractivity contribution in [2.45, 2.75) is 45.1 Å². The van der Waals surface area contributed by atoms with Gasteiger partial charge in [0.1, 0.15) is 0 Å². The molecule has 0 amide bonds. The van der Waals surface area contributed by atoms with E-state index in [0.717, 1.165) is 38.6 Å². The summed E-state index contributed by atoms with van der Waals surface area (Å²) in [7, 11) is 0. The van der Waals surface area contributed by atoms with Crippen LogP contribution in [0, 0.1) is 5.92 Å². The van der Waals surface area contributed by atoms with E-state index >= 15 is 0 Å². The van der Waals surface area contributed by atoms with Crippen molar-refractivity contribution in [1.82, 2.24) is 5.32 Å². The number of nitrogens with one attached hydrogen (secondary N) is 1. The van der Waals surface area contributed by atoms with Crippen LogP contribution in [0.3, 0.4) is 0 Å². The van der Waals surface area contributed by atoms with E-state index in [2.05, 4.69) is 5.32 Å². The number of carbonyl (C=O) groups excluding carboxylic acids is 1. The Labute approximate surface area is 97.4 Å². The van der Waals surface area contributed by atoms with Gasteiger partial charge in [-0.2, -0.15) is 0 Å². The molecule has 0 spiro atoms. The molecule has 2 atom stereocenters. The van der Waals surface area contributed by atoms with E-state index in [0.29, 0.717) is 12.6 Å². The zero-order chi connectivity index (χ0) is 11.8. The lowest BCUT2D eigenvalue weighted by Crippen LogP contribution is -2.37. The zero-order valence-electron chi connectivity index (χ0n) is 10.1. The minimum atomic E-state index is -0.0452. The fourth-order valence-corrected chi connectivity index (χ4v) is 2.23. The van der Waals surface area contributed by atoms with Crippen molar-refractivity contribution in [3.8, 4) is 0 Å². The van der Waals surface area contributed by atoms with Crippen LogP contribution in [0.2, 0.25) is 0 Å². The maximum absolute atomic E-state index is 11.6. The molecule has 16 heavy (non-hydrogen) atoms.